The van der Waals surface area contributed by atoms with Crippen LogP contribution in [0, 0.1) is 11.3 Å². The predicted molar refractivity (Wildman–Crippen MR) is 77.6 cm³/mol. The number of hydrogen-bond donors (Lipinski definition) is 1. The minimum atomic E-state index is 0.660. The van der Waals surface area contributed by atoms with Gasteiger partial charge in [0.1, 0.15) is 0 Å². The van der Waals surface area contributed by atoms with E-state index < -0.39 is 0 Å². The average Bonchev–Trinajstić information content (AvgIpc) is 2.40. The first-order valence-corrected chi connectivity index (χ1v) is 6.54. The second kappa shape index (κ2) is 5.90. The van der Waals surface area contributed by atoms with Crippen molar-refractivity contribution in [2.24, 2.45) is 0 Å². The van der Waals surface area contributed by atoms with E-state index in [2.05, 4.69) is 27.3 Å². The van der Waals surface area contributed by atoms with Crippen LogP contribution in [0.25, 0.3) is 0 Å². The molecule has 0 atom stereocenters. The van der Waals surface area contributed by atoms with Gasteiger partial charge in [0.15, 0.2) is 0 Å². The van der Waals surface area contributed by atoms with Gasteiger partial charge in [-0.15, -0.1) is 0 Å². The third-order valence-electron chi connectivity index (χ3n) is 2.47. The third kappa shape index (κ3) is 3.25. The van der Waals surface area contributed by atoms with Crippen LogP contribution in [0.4, 0.5) is 5.69 Å². The summed E-state index contributed by atoms with van der Waals surface area (Å²) in [7, 11) is 0. The molecule has 0 aromatic heterocycles. The van der Waals surface area contributed by atoms with Gasteiger partial charge in [-0.05, 0) is 51.8 Å². The molecule has 0 bridgehead atoms. The molecule has 0 fully saturated rings. The largest absolute Gasteiger partial charge is 0.381 e. The van der Waals surface area contributed by atoms with Gasteiger partial charge in [0.2, 0.25) is 0 Å². The smallest absolute Gasteiger partial charge is 0.0991 e. The minimum absolute atomic E-state index is 0.660. The number of nitriles is 1. The van der Waals surface area contributed by atoms with E-state index in [1.807, 2.05) is 36.4 Å². The first kappa shape index (κ1) is 12.9. The highest BCUT2D eigenvalue weighted by Crippen LogP contribution is 2.25. The maximum absolute atomic E-state index is 8.82. The summed E-state index contributed by atoms with van der Waals surface area (Å²) in [4.78, 5) is 0. The molecule has 18 heavy (non-hydrogen) atoms. The topological polar surface area (TPSA) is 35.8 Å². The zero-order valence-electron chi connectivity index (χ0n) is 9.45. The van der Waals surface area contributed by atoms with E-state index >= 15 is 0 Å². The highest BCUT2D eigenvalue weighted by Gasteiger charge is 1.99. The van der Waals surface area contributed by atoms with Gasteiger partial charge < -0.3 is 5.32 Å². The first-order chi connectivity index (χ1) is 8.69. The van der Waals surface area contributed by atoms with E-state index in [4.69, 9.17) is 16.9 Å². The Balaban J connectivity index is 2.07. The lowest BCUT2D eigenvalue weighted by molar-refractivity contribution is 1.15. The number of nitrogens with zero attached hydrogens (tertiary/aromatic N) is 1. The zero-order chi connectivity index (χ0) is 13.0. The molecule has 0 spiro atoms. The molecule has 0 aliphatic heterocycles. The van der Waals surface area contributed by atoms with Gasteiger partial charge in [0.05, 0.1) is 16.7 Å². The second-order valence-corrected chi connectivity index (χ2v) is 5.06. The Morgan fingerprint density at radius 2 is 2.06 bits per heavy atom. The molecule has 2 aromatic carbocycles. The van der Waals surface area contributed by atoms with Gasteiger partial charge in [-0.3, -0.25) is 0 Å². The summed E-state index contributed by atoms with van der Waals surface area (Å²) in [6.45, 7) is 0.660. The molecule has 0 aliphatic rings. The lowest BCUT2D eigenvalue weighted by atomic mass is 10.1. The SMILES string of the molecule is N#Cc1cccc(CNc2ccc(Br)c(Cl)c2)c1. The quantitative estimate of drug-likeness (QED) is 0.897. The van der Waals surface area contributed by atoms with Crippen LogP contribution >= 0.6 is 27.5 Å². The molecular formula is C14H10BrClN2. The zero-order valence-corrected chi connectivity index (χ0v) is 11.8. The number of hydrogen-bond acceptors (Lipinski definition) is 2. The van der Waals surface area contributed by atoms with E-state index in [0.717, 1.165) is 15.7 Å². The highest BCUT2D eigenvalue weighted by molar-refractivity contribution is 9.10. The molecule has 0 radical (unpaired) electrons. The van der Waals surface area contributed by atoms with Crippen LogP contribution in [0.5, 0.6) is 0 Å². The van der Waals surface area contributed by atoms with E-state index in [0.29, 0.717) is 17.1 Å². The number of anilines is 1. The Bertz CT molecular complexity index is 605. The van der Waals surface area contributed by atoms with Crippen molar-refractivity contribution in [1.82, 2.24) is 0 Å². The van der Waals surface area contributed by atoms with Gasteiger partial charge in [-0.2, -0.15) is 5.26 Å². The molecule has 0 saturated heterocycles. The van der Waals surface area contributed by atoms with Crippen LogP contribution in [0.3, 0.4) is 0 Å². The fourth-order valence-electron chi connectivity index (χ4n) is 1.56. The van der Waals surface area contributed by atoms with Gasteiger partial charge in [-0.1, -0.05) is 23.7 Å². The second-order valence-electron chi connectivity index (χ2n) is 3.79. The minimum Gasteiger partial charge on any atom is -0.381 e. The summed E-state index contributed by atoms with van der Waals surface area (Å²) in [6.07, 6.45) is 0. The lowest BCUT2D eigenvalue weighted by Crippen LogP contribution is -1.99. The van der Waals surface area contributed by atoms with Gasteiger partial charge >= 0.3 is 0 Å². The summed E-state index contributed by atoms with van der Waals surface area (Å²) in [5.41, 5.74) is 2.68. The normalized spacial score (nSPS) is 9.83. The molecule has 1 N–H and O–H groups in total. The van der Waals surface area contributed by atoms with Crippen LogP contribution in [-0.4, -0.2) is 0 Å². The maximum Gasteiger partial charge on any atom is 0.0991 e. The van der Waals surface area contributed by atoms with E-state index in [9.17, 15) is 0 Å². The molecule has 0 heterocycles. The summed E-state index contributed by atoms with van der Waals surface area (Å²) >= 11 is 9.36. The van der Waals surface area contributed by atoms with Crippen LogP contribution in [0.1, 0.15) is 11.1 Å². The first-order valence-electron chi connectivity index (χ1n) is 5.37. The molecule has 2 nitrogen and oxygen atoms in total. The monoisotopic (exact) mass is 320 g/mol. The van der Waals surface area contributed by atoms with Gasteiger partial charge in [0.25, 0.3) is 0 Å². The molecule has 90 valence electrons. The highest BCUT2D eigenvalue weighted by atomic mass is 79.9. The van der Waals surface area contributed by atoms with Gasteiger partial charge in [0, 0.05) is 16.7 Å². The number of halogens is 2. The van der Waals surface area contributed by atoms with Gasteiger partial charge in [-0.25, -0.2) is 0 Å². The number of benzene rings is 2. The standard InChI is InChI=1S/C14H10BrClN2/c15-13-5-4-12(7-14(13)16)18-9-11-3-1-2-10(6-11)8-17/h1-7,18H,9H2. The summed E-state index contributed by atoms with van der Waals surface area (Å²) in [5.74, 6) is 0. The summed E-state index contributed by atoms with van der Waals surface area (Å²) in [6, 6.07) is 15.4. The fourth-order valence-corrected chi connectivity index (χ4v) is 1.99. The molecule has 0 unspecified atom stereocenters. The van der Waals surface area contributed by atoms with Crippen molar-refractivity contribution in [1.29, 1.82) is 5.26 Å². The Labute approximate surface area is 119 Å². The molecule has 4 heteroatoms. The summed E-state index contributed by atoms with van der Waals surface area (Å²) < 4.78 is 0.876. The predicted octanol–water partition coefficient (Wildman–Crippen LogP) is 4.59. The van der Waals surface area contributed by atoms with Crippen molar-refractivity contribution in [3.8, 4) is 6.07 Å². The van der Waals surface area contributed by atoms with E-state index in [1.165, 1.54) is 0 Å². The molecule has 0 amide bonds. The van der Waals surface area contributed by atoms with Crippen molar-refractivity contribution in [2.45, 2.75) is 6.54 Å². The molecular weight excluding hydrogens is 312 g/mol. The van der Waals surface area contributed by atoms with Crippen LogP contribution < -0.4 is 5.32 Å². The number of nitrogens with one attached hydrogen (secondary N) is 1. The molecule has 0 aliphatic carbocycles. The van der Waals surface area contributed by atoms with E-state index in [-0.39, 0.29) is 0 Å². The number of rotatable bonds is 3. The Morgan fingerprint density at radius 1 is 1.22 bits per heavy atom. The summed E-state index contributed by atoms with van der Waals surface area (Å²) in [5, 5.41) is 12.8. The van der Waals surface area contributed by atoms with E-state index in [1.54, 1.807) is 6.07 Å². The van der Waals surface area contributed by atoms with Crippen molar-refractivity contribution in [3.63, 3.8) is 0 Å². The lowest BCUT2D eigenvalue weighted by Gasteiger charge is -2.07. The average molecular weight is 322 g/mol. The van der Waals surface area contributed by atoms with Crippen molar-refractivity contribution in [3.05, 3.63) is 63.1 Å². The molecule has 0 saturated carbocycles. The Morgan fingerprint density at radius 3 is 2.78 bits per heavy atom. The maximum atomic E-state index is 8.82. The van der Waals surface area contributed by atoms with Crippen molar-refractivity contribution in [2.75, 3.05) is 5.32 Å². The Kier molecular flexibility index (Phi) is 4.24. The molecule has 2 rings (SSSR count). The molecule has 2 aromatic rings. The van der Waals surface area contributed by atoms with Crippen LogP contribution in [0.15, 0.2) is 46.9 Å². The fraction of sp³-hybridized carbons (Fsp3) is 0.0714. The van der Waals surface area contributed by atoms with Crippen LogP contribution in [-0.2, 0) is 6.54 Å². The van der Waals surface area contributed by atoms with Crippen molar-refractivity contribution < 1.29 is 0 Å². The van der Waals surface area contributed by atoms with Crippen molar-refractivity contribution >= 4 is 33.2 Å². The Hall–Kier alpha value is -1.50. The third-order valence-corrected chi connectivity index (χ3v) is 3.70. The van der Waals surface area contributed by atoms with Crippen LogP contribution in [0.2, 0.25) is 5.02 Å².